The zero-order valence-electron chi connectivity index (χ0n) is 20.4. The Morgan fingerprint density at radius 2 is 1.31 bits per heavy atom. The van der Waals surface area contributed by atoms with Crippen LogP contribution in [0.2, 0.25) is 0 Å². The topological polar surface area (TPSA) is 127 Å². The molecule has 0 aliphatic rings. The predicted octanol–water partition coefficient (Wildman–Crippen LogP) is 4.97. The summed E-state index contributed by atoms with van der Waals surface area (Å²) in [7, 11) is 0. The molecule has 8 heteroatoms. The maximum absolute atomic E-state index is 13.5. The van der Waals surface area contributed by atoms with Crippen LogP contribution in [0.15, 0.2) is 0 Å². The SMILES string of the molecule is CCCCOC(C(=O)O)(C(CCCC)C(=O)O)C(CCCC)(CCCC)C(=O)OC(C)=O. The van der Waals surface area contributed by atoms with Gasteiger partial charge in [0.25, 0.3) is 0 Å². The van der Waals surface area contributed by atoms with Crippen LogP contribution >= 0.6 is 0 Å². The molecule has 0 radical (unpaired) electrons. The first-order valence-corrected chi connectivity index (χ1v) is 11.9. The van der Waals surface area contributed by atoms with Crippen LogP contribution in [0, 0.1) is 11.3 Å². The van der Waals surface area contributed by atoms with Gasteiger partial charge in [-0.2, -0.15) is 0 Å². The van der Waals surface area contributed by atoms with Crippen LogP contribution in [0.3, 0.4) is 0 Å². The molecule has 0 saturated carbocycles. The molecule has 0 bridgehead atoms. The summed E-state index contributed by atoms with van der Waals surface area (Å²) in [5, 5.41) is 20.7. The summed E-state index contributed by atoms with van der Waals surface area (Å²) in [4.78, 5) is 50.7. The third kappa shape index (κ3) is 7.29. The first-order chi connectivity index (χ1) is 15.1. The van der Waals surface area contributed by atoms with Gasteiger partial charge in [-0.3, -0.25) is 14.4 Å². The van der Waals surface area contributed by atoms with Crippen molar-refractivity contribution < 1.29 is 38.9 Å². The largest absolute Gasteiger partial charge is 0.481 e. The molecule has 0 heterocycles. The molecular formula is C24H42O8. The normalized spacial score (nSPS) is 14.4. The zero-order chi connectivity index (χ0) is 24.8. The lowest BCUT2D eigenvalue weighted by molar-refractivity contribution is -0.223. The summed E-state index contributed by atoms with van der Waals surface area (Å²) in [5.41, 5.74) is -4.15. The van der Waals surface area contributed by atoms with Crippen LogP contribution in [0.4, 0.5) is 0 Å². The fourth-order valence-corrected chi connectivity index (χ4v) is 4.31. The van der Waals surface area contributed by atoms with Gasteiger partial charge in [-0.15, -0.1) is 0 Å². The number of ether oxygens (including phenoxy) is 2. The summed E-state index contributed by atoms with van der Waals surface area (Å²) in [6.07, 6.45) is 4.71. The van der Waals surface area contributed by atoms with Crippen LogP contribution in [0.5, 0.6) is 0 Å². The van der Waals surface area contributed by atoms with E-state index in [1.807, 2.05) is 27.7 Å². The van der Waals surface area contributed by atoms with Crippen molar-refractivity contribution in [1.29, 1.82) is 0 Å². The van der Waals surface area contributed by atoms with E-state index in [1.54, 1.807) is 0 Å². The van der Waals surface area contributed by atoms with E-state index in [4.69, 9.17) is 9.47 Å². The van der Waals surface area contributed by atoms with Crippen molar-refractivity contribution in [2.75, 3.05) is 6.61 Å². The molecule has 32 heavy (non-hydrogen) atoms. The lowest BCUT2D eigenvalue weighted by Crippen LogP contribution is -2.66. The van der Waals surface area contributed by atoms with E-state index in [0.29, 0.717) is 51.4 Å². The van der Waals surface area contributed by atoms with Crippen molar-refractivity contribution in [2.24, 2.45) is 11.3 Å². The highest BCUT2D eigenvalue weighted by atomic mass is 16.6. The van der Waals surface area contributed by atoms with Gasteiger partial charge < -0.3 is 19.7 Å². The summed E-state index contributed by atoms with van der Waals surface area (Å²) >= 11 is 0. The predicted molar refractivity (Wildman–Crippen MR) is 120 cm³/mol. The Morgan fingerprint density at radius 3 is 1.69 bits per heavy atom. The first-order valence-electron chi connectivity index (χ1n) is 11.9. The van der Waals surface area contributed by atoms with Gasteiger partial charge in [-0.1, -0.05) is 72.6 Å². The second-order valence-corrected chi connectivity index (χ2v) is 8.45. The molecule has 0 rings (SSSR count). The third-order valence-corrected chi connectivity index (χ3v) is 6.03. The number of esters is 2. The van der Waals surface area contributed by atoms with Crippen molar-refractivity contribution >= 4 is 23.9 Å². The number of rotatable bonds is 18. The first kappa shape index (κ1) is 30.0. The minimum atomic E-state index is -2.35. The lowest BCUT2D eigenvalue weighted by Gasteiger charge is -2.48. The molecule has 2 N–H and O–H groups in total. The van der Waals surface area contributed by atoms with E-state index in [2.05, 4.69) is 0 Å². The average Bonchev–Trinajstić information content (AvgIpc) is 2.72. The van der Waals surface area contributed by atoms with Crippen molar-refractivity contribution in [3.05, 3.63) is 0 Å². The number of unbranched alkanes of at least 4 members (excludes halogenated alkanes) is 4. The summed E-state index contributed by atoms with van der Waals surface area (Å²) < 4.78 is 11.0. The monoisotopic (exact) mass is 458 g/mol. The fraction of sp³-hybridized carbons (Fsp3) is 0.833. The number of carboxylic acid groups (broad SMARTS) is 2. The minimum absolute atomic E-state index is 0.00788. The molecule has 0 saturated heterocycles. The molecule has 8 nitrogen and oxygen atoms in total. The van der Waals surface area contributed by atoms with Crippen molar-refractivity contribution in [3.8, 4) is 0 Å². The van der Waals surface area contributed by atoms with E-state index in [1.165, 1.54) is 0 Å². The van der Waals surface area contributed by atoms with Crippen LogP contribution in [0.25, 0.3) is 0 Å². The molecule has 186 valence electrons. The Morgan fingerprint density at radius 1 is 0.812 bits per heavy atom. The minimum Gasteiger partial charge on any atom is -0.481 e. The molecule has 0 spiro atoms. The highest BCUT2D eigenvalue weighted by Gasteiger charge is 2.68. The second-order valence-electron chi connectivity index (χ2n) is 8.45. The third-order valence-electron chi connectivity index (χ3n) is 6.03. The number of carbonyl (C=O) groups excluding carboxylic acids is 2. The second kappa shape index (κ2) is 15.0. The highest BCUT2D eigenvalue weighted by molar-refractivity contribution is 5.97. The van der Waals surface area contributed by atoms with Gasteiger partial charge >= 0.3 is 23.9 Å². The maximum Gasteiger partial charge on any atom is 0.338 e. The molecule has 0 aromatic carbocycles. The van der Waals surface area contributed by atoms with Crippen molar-refractivity contribution in [1.82, 2.24) is 0 Å². The number of hydrogen-bond donors (Lipinski definition) is 2. The average molecular weight is 459 g/mol. The zero-order valence-corrected chi connectivity index (χ0v) is 20.4. The van der Waals surface area contributed by atoms with Gasteiger partial charge in [0.05, 0.1) is 5.92 Å². The molecular weight excluding hydrogens is 416 g/mol. The number of carboxylic acids is 2. The highest BCUT2D eigenvalue weighted by Crippen LogP contribution is 2.51. The van der Waals surface area contributed by atoms with Crippen LogP contribution in [-0.4, -0.2) is 46.3 Å². The molecule has 0 aromatic heterocycles. The summed E-state index contributed by atoms with van der Waals surface area (Å²) in [6.45, 7) is 8.65. The standard InChI is InChI=1S/C24H42O8/c1-6-10-14-19(20(26)27)24(21(28)29,31-17-13-9-4)23(15-11-7-2,16-12-8-3)22(30)32-18(5)25/h19H,6-17H2,1-5H3,(H,26,27)(H,28,29). The van der Waals surface area contributed by atoms with E-state index < -0.39 is 40.8 Å². The van der Waals surface area contributed by atoms with Crippen LogP contribution in [-0.2, 0) is 28.7 Å². The Hall–Kier alpha value is -1.96. The van der Waals surface area contributed by atoms with E-state index in [-0.39, 0.29) is 25.9 Å². The van der Waals surface area contributed by atoms with E-state index in [0.717, 1.165) is 6.92 Å². The van der Waals surface area contributed by atoms with Crippen molar-refractivity contribution in [3.63, 3.8) is 0 Å². The molecule has 0 aromatic rings. The molecule has 2 atom stereocenters. The van der Waals surface area contributed by atoms with Crippen LogP contribution in [0.1, 0.15) is 105 Å². The number of hydrogen-bond acceptors (Lipinski definition) is 6. The van der Waals surface area contributed by atoms with Crippen LogP contribution < -0.4 is 0 Å². The smallest absolute Gasteiger partial charge is 0.338 e. The fourth-order valence-electron chi connectivity index (χ4n) is 4.31. The summed E-state index contributed by atoms with van der Waals surface area (Å²) in [5.74, 6) is -6.16. The molecule has 0 amide bonds. The number of carbonyl (C=O) groups is 4. The van der Waals surface area contributed by atoms with Gasteiger partial charge in [-0.05, 0) is 25.7 Å². The van der Waals surface area contributed by atoms with Gasteiger partial charge in [0, 0.05) is 13.5 Å². The van der Waals surface area contributed by atoms with E-state index >= 15 is 0 Å². The molecule has 2 unspecified atom stereocenters. The Balaban J connectivity index is 7.15. The van der Waals surface area contributed by atoms with Gasteiger partial charge in [0.2, 0.25) is 0 Å². The van der Waals surface area contributed by atoms with E-state index in [9.17, 15) is 29.4 Å². The van der Waals surface area contributed by atoms with Gasteiger partial charge in [-0.25, -0.2) is 4.79 Å². The lowest BCUT2D eigenvalue weighted by atomic mass is 9.59. The Labute approximate surface area is 192 Å². The van der Waals surface area contributed by atoms with Gasteiger partial charge in [0.15, 0.2) is 5.60 Å². The van der Waals surface area contributed by atoms with Crippen molar-refractivity contribution in [2.45, 2.75) is 111 Å². The molecule has 0 aliphatic carbocycles. The summed E-state index contributed by atoms with van der Waals surface area (Å²) in [6, 6.07) is 0. The molecule has 0 aliphatic heterocycles. The Kier molecular flexibility index (Phi) is 14.1. The maximum atomic E-state index is 13.5. The number of aliphatic carboxylic acids is 2. The molecule has 0 fully saturated rings. The van der Waals surface area contributed by atoms with Gasteiger partial charge in [0.1, 0.15) is 5.41 Å². The Bertz CT molecular complexity index is 607. The quantitative estimate of drug-likeness (QED) is 0.167.